The lowest BCUT2D eigenvalue weighted by atomic mass is 10.1. The Morgan fingerprint density at radius 2 is 1.72 bits per heavy atom. The van der Waals surface area contributed by atoms with Crippen LogP contribution in [0.15, 0.2) is 36.4 Å². The maximum absolute atomic E-state index is 6.02. The third kappa shape index (κ3) is 2.60. The molecule has 3 heteroatoms. The highest BCUT2D eigenvalue weighted by Crippen LogP contribution is 2.25. The van der Waals surface area contributed by atoms with E-state index >= 15 is 0 Å². The van der Waals surface area contributed by atoms with Crippen molar-refractivity contribution in [3.05, 3.63) is 41.4 Å². The van der Waals surface area contributed by atoms with Crippen LogP contribution in [0.4, 0.5) is 0 Å². The van der Waals surface area contributed by atoms with Crippen molar-refractivity contribution in [1.29, 1.82) is 0 Å². The minimum atomic E-state index is 0.344. The Bertz CT molecular complexity index is 549. The second kappa shape index (κ2) is 5.17. The second-order valence-electron chi connectivity index (χ2n) is 4.72. The number of nitrogens with one attached hydrogen (secondary N) is 1. The number of piperidine rings is 1. The molecule has 2 nitrogen and oxygen atoms in total. The zero-order valence-electron chi connectivity index (χ0n) is 10.2. The molecule has 1 aliphatic rings. The van der Waals surface area contributed by atoms with Gasteiger partial charge in [-0.05, 0) is 61.0 Å². The van der Waals surface area contributed by atoms with Gasteiger partial charge in [0.2, 0.25) is 0 Å². The molecule has 0 aromatic heterocycles. The predicted octanol–water partition coefficient (Wildman–Crippen LogP) is 3.62. The molecule has 0 atom stereocenters. The topological polar surface area (TPSA) is 21.3 Å². The van der Waals surface area contributed by atoms with Gasteiger partial charge in [-0.25, -0.2) is 0 Å². The number of fused-ring (bicyclic) bond motifs is 1. The summed E-state index contributed by atoms with van der Waals surface area (Å²) in [7, 11) is 0. The molecule has 2 aromatic rings. The summed E-state index contributed by atoms with van der Waals surface area (Å²) in [4.78, 5) is 0. The van der Waals surface area contributed by atoms with E-state index in [9.17, 15) is 0 Å². The first-order valence-corrected chi connectivity index (χ1v) is 6.76. The molecule has 0 aliphatic carbocycles. The van der Waals surface area contributed by atoms with Crippen molar-refractivity contribution >= 4 is 22.4 Å². The lowest BCUT2D eigenvalue weighted by molar-refractivity contribution is 0.162. The standard InChI is InChI=1S/C15H16ClNO/c16-13-3-1-12-10-15(4-2-11(12)9-13)18-14-5-7-17-8-6-14/h1-4,9-10,14,17H,5-8H2. The van der Waals surface area contributed by atoms with Crippen LogP contribution in [0.2, 0.25) is 5.02 Å². The first-order chi connectivity index (χ1) is 8.81. The van der Waals surface area contributed by atoms with Crippen LogP contribution in [0.5, 0.6) is 5.75 Å². The average molecular weight is 262 g/mol. The number of ether oxygens (including phenoxy) is 1. The molecule has 18 heavy (non-hydrogen) atoms. The molecule has 1 N–H and O–H groups in total. The van der Waals surface area contributed by atoms with Gasteiger partial charge in [-0.3, -0.25) is 0 Å². The summed E-state index contributed by atoms with van der Waals surface area (Å²) >= 11 is 5.98. The van der Waals surface area contributed by atoms with Crippen LogP contribution in [-0.4, -0.2) is 19.2 Å². The van der Waals surface area contributed by atoms with Gasteiger partial charge in [0, 0.05) is 5.02 Å². The maximum Gasteiger partial charge on any atom is 0.120 e. The van der Waals surface area contributed by atoms with Crippen LogP contribution in [0.25, 0.3) is 10.8 Å². The molecule has 0 radical (unpaired) electrons. The van der Waals surface area contributed by atoms with E-state index in [-0.39, 0.29) is 0 Å². The molecule has 0 saturated carbocycles. The number of hydrogen-bond acceptors (Lipinski definition) is 2. The van der Waals surface area contributed by atoms with Gasteiger partial charge in [0.1, 0.15) is 11.9 Å². The van der Waals surface area contributed by atoms with Crippen LogP contribution >= 0.6 is 11.6 Å². The van der Waals surface area contributed by atoms with Gasteiger partial charge in [-0.1, -0.05) is 23.7 Å². The number of halogens is 1. The molecular weight excluding hydrogens is 246 g/mol. The minimum Gasteiger partial charge on any atom is -0.490 e. The highest BCUT2D eigenvalue weighted by Gasteiger charge is 2.14. The lowest BCUT2D eigenvalue weighted by Gasteiger charge is -2.24. The van der Waals surface area contributed by atoms with Crippen molar-refractivity contribution in [3.63, 3.8) is 0 Å². The van der Waals surface area contributed by atoms with Crippen molar-refractivity contribution in [2.24, 2.45) is 0 Å². The van der Waals surface area contributed by atoms with Gasteiger partial charge in [-0.15, -0.1) is 0 Å². The summed E-state index contributed by atoms with van der Waals surface area (Å²) in [6.07, 6.45) is 2.51. The molecule has 2 aromatic carbocycles. The highest BCUT2D eigenvalue weighted by molar-refractivity contribution is 6.31. The lowest BCUT2D eigenvalue weighted by Crippen LogP contribution is -2.34. The van der Waals surface area contributed by atoms with Crippen molar-refractivity contribution in [3.8, 4) is 5.75 Å². The van der Waals surface area contributed by atoms with E-state index in [1.54, 1.807) is 0 Å². The second-order valence-corrected chi connectivity index (χ2v) is 5.16. The van der Waals surface area contributed by atoms with E-state index in [0.717, 1.165) is 42.1 Å². The van der Waals surface area contributed by atoms with Gasteiger partial charge >= 0.3 is 0 Å². The first-order valence-electron chi connectivity index (χ1n) is 6.38. The van der Waals surface area contributed by atoms with Crippen molar-refractivity contribution in [1.82, 2.24) is 5.32 Å². The van der Waals surface area contributed by atoms with Crippen molar-refractivity contribution < 1.29 is 4.74 Å². The molecule has 0 unspecified atom stereocenters. The number of benzene rings is 2. The SMILES string of the molecule is Clc1ccc2cc(OC3CCNCC3)ccc2c1. The largest absolute Gasteiger partial charge is 0.490 e. The Morgan fingerprint density at radius 1 is 1.00 bits per heavy atom. The number of rotatable bonds is 2. The smallest absolute Gasteiger partial charge is 0.120 e. The molecular formula is C15H16ClNO. The van der Waals surface area contributed by atoms with E-state index in [4.69, 9.17) is 16.3 Å². The molecule has 0 spiro atoms. The fraction of sp³-hybridized carbons (Fsp3) is 0.333. The summed E-state index contributed by atoms with van der Waals surface area (Å²) < 4.78 is 6.02. The van der Waals surface area contributed by atoms with Crippen LogP contribution < -0.4 is 10.1 Å². The van der Waals surface area contributed by atoms with Gasteiger partial charge in [0.05, 0.1) is 0 Å². The summed E-state index contributed by atoms with van der Waals surface area (Å²) in [5, 5.41) is 6.44. The van der Waals surface area contributed by atoms with Crippen LogP contribution in [0, 0.1) is 0 Å². The molecule has 0 bridgehead atoms. The van der Waals surface area contributed by atoms with Gasteiger partial charge in [-0.2, -0.15) is 0 Å². The Hall–Kier alpha value is -1.25. The van der Waals surface area contributed by atoms with Crippen molar-refractivity contribution in [2.45, 2.75) is 18.9 Å². The average Bonchev–Trinajstić information content (AvgIpc) is 2.40. The Morgan fingerprint density at radius 3 is 2.56 bits per heavy atom. The summed E-state index contributed by atoms with van der Waals surface area (Å²) in [5.74, 6) is 0.955. The molecule has 94 valence electrons. The molecule has 1 aliphatic heterocycles. The Balaban J connectivity index is 1.82. The predicted molar refractivity (Wildman–Crippen MR) is 75.5 cm³/mol. The third-order valence-electron chi connectivity index (χ3n) is 3.36. The van der Waals surface area contributed by atoms with Gasteiger partial charge in [0.15, 0.2) is 0 Å². The van der Waals surface area contributed by atoms with E-state index in [0.29, 0.717) is 6.10 Å². The van der Waals surface area contributed by atoms with E-state index in [2.05, 4.69) is 17.4 Å². The van der Waals surface area contributed by atoms with Crippen LogP contribution in [0.3, 0.4) is 0 Å². The monoisotopic (exact) mass is 261 g/mol. The fourth-order valence-electron chi connectivity index (χ4n) is 2.37. The quantitative estimate of drug-likeness (QED) is 0.892. The molecule has 3 rings (SSSR count). The molecule has 1 saturated heterocycles. The Labute approximate surface area is 112 Å². The fourth-order valence-corrected chi connectivity index (χ4v) is 2.55. The normalized spacial score (nSPS) is 16.9. The highest BCUT2D eigenvalue weighted by atomic mass is 35.5. The van der Waals surface area contributed by atoms with E-state index in [1.165, 1.54) is 5.39 Å². The van der Waals surface area contributed by atoms with Crippen LogP contribution in [-0.2, 0) is 0 Å². The van der Waals surface area contributed by atoms with Gasteiger partial charge < -0.3 is 10.1 Å². The zero-order chi connectivity index (χ0) is 12.4. The van der Waals surface area contributed by atoms with Gasteiger partial charge in [0.25, 0.3) is 0 Å². The Kier molecular flexibility index (Phi) is 3.39. The zero-order valence-corrected chi connectivity index (χ0v) is 10.9. The molecule has 1 heterocycles. The van der Waals surface area contributed by atoms with Crippen molar-refractivity contribution in [2.75, 3.05) is 13.1 Å². The van der Waals surface area contributed by atoms with E-state index in [1.807, 2.05) is 24.3 Å². The summed E-state index contributed by atoms with van der Waals surface area (Å²) in [6.45, 7) is 2.10. The maximum atomic E-state index is 6.02. The number of hydrogen-bond donors (Lipinski definition) is 1. The van der Waals surface area contributed by atoms with E-state index < -0.39 is 0 Å². The molecule has 0 amide bonds. The third-order valence-corrected chi connectivity index (χ3v) is 3.60. The van der Waals surface area contributed by atoms with Crippen LogP contribution in [0.1, 0.15) is 12.8 Å². The summed E-state index contributed by atoms with van der Waals surface area (Å²) in [5.41, 5.74) is 0. The molecule has 1 fully saturated rings. The minimum absolute atomic E-state index is 0.344. The first kappa shape index (κ1) is 11.8. The summed E-state index contributed by atoms with van der Waals surface area (Å²) in [6, 6.07) is 12.1.